The number of anilines is 1. The number of pyridine rings is 1. The van der Waals surface area contributed by atoms with E-state index in [0.29, 0.717) is 23.7 Å². The molecule has 0 aliphatic heterocycles. The number of rotatable bonds is 8. The van der Waals surface area contributed by atoms with E-state index in [-0.39, 0.29) is 12.2 Å². The largest absolute Gasteiger partial charge is 0.461 e. The Hall–Kier alpha value is -3.91. The van der Waals surface area contributed by atoms with E-state index in [1.165, 1.54) is 19.2 Å². The molecule has 0 atom stereocenters. The van der Waals surface area contributed by atoms with Crippen molar-refractivity contribution in [1.82, 2.24) is 9.47 Å². The van der Waals surface area contributed by atoms with Crippen LogP contribution in [0.3, 0.4) is 0 Å². The van der Waals surface area contributed by atoms with Gasteiger partial charge in [-0.05, 0) is 56.1 Å². The molecule has 0 aliphatic carbocycles. The number of hydrogen-bond acceptors (Lipinski definition) is 7. The second kappa shape index (κ2) is 10.8. The highest BCUT2D eigenvalue weighted by atomic mass is 16.5. The fraction of sp³-hybridized carbons (Fsp3) is 0.269. The number of ether oxygens (including phenoxy) is 2. The number of nitrogens with zero attached hydrogens (tertiary/aromatic N) is 3. The van der Waals surface area contributed by atoms with Crippen molar-refractivity contribution in [3.05, 3.63) is 76.6 Å². The molecule has 0 fully saturated rings. The summed E-state index contributed by atoms with van der Waals surface area (Å²) in [6, 6.07) is 16.0. The summed E-state index contributed by atoms with van der Waals surface area (Å²) in [7, 11) is 7.64. The predicted octanol–water partition coefficient (Wildman–Crippen LogP) is 3.21. The van der Waals surface area contributed by atoms with Crippen LogP contribution < -0.4 is 15.1 Å². The van der Waals surface area contributed by atoms with Crippen LogP contribution in [0.5, 0.6) is 5.75 Å². The van der Waals surface area contributed by atoms with Crippen molar-refractivity contribution in [2.45, 2.75) is 6.92 Å². The number of esters is 2. The molecule has 0 spiro atoms. The number of aromatic nitrogens is 1. The lowest BCUT2D eigenvalue weighted by molar-refractivity contribution is -0.131. The molecular formula is C26H29N3O5. The molecule has 178 valence electrons. The number of likely N-dealkylation sites (N-methyl/N-ethyl adjacent to an activating group) is 1. The van der Waals surface area contributed by atoms with Crippen LogP contribution in [0.4, 0.5) is 5.69 Å². The molecule has 0 N–H and O–H groups in total. The molecule has 1 heterocycles. The SMILES string of the molecule is CC(=O)Oc1ccc(-n2cc(C(=O)OCCN(C)C)c(=O)cc2-c2ccc(N(C)C)cc2)cc1. The van der Waals surface area contributed by atoms with Gasteiger partial charge in [-0.2, -0.15) is 0 Å². The molecule has 8 heteroatoms. The number of carbonyl (C=O) groups excluding carboxylic acids is 2. The van der Waals surface area contributed by atoms with Gasteiger partial charge in [0.25, 0.3) is 0 Å². The van der Waals surface area contributed by atoms with Gasteiger partial charge in [0.05, 0.1) is 5.69 Å². The van der Waals surface area contributed by atoms with E-state index in [0.717, 1.165) is 11.3 Å². The van der Waals surface area contributed by atoms with E-state index >= 15 is 0 Å². The third-order valence-corrected chi connectivity index (χ3v) is 5.10. The lowest BCUT2D eigenvalue weighted by atomic mass is 10.1. The standard InChI is InChI=1S/C26H29N3O5/c1-18(30)34-22-12-10-21(11-13-22)29-17-23(26(32)33-15-14-27(2)3)25(31)16-24(29)19-6-8-20(9-7-19)28(4)5/h6-13,16-17H,14-15H2,1-5H3. The first-order chi connectivity index (χ1) is 16.2. The number of benzene rings is 2. The zero-order valence-corrected chi connectivity index (χ0v) is 20.1. The van der Waals surface area contributed by atoms with E-state index < -0.39 is 17.4 Å². The summed E-state index contributed by atoms with van der Waals surface area (Å²) in [6.45, 7) is 2.06. The van der Waals surface area contributed by atoms with Crippen molar-refractivity contribution in [2.75, 3.05) is 46.2 Å². The first-order valence-corrected chi connectivity index (χ1v) is 10.8. The van der Waals surface area contributed by atoms with Gasteiger partial charge in [-0.15, -0.1) is 0 Å². The molecule has 0 saturated heterocycles. The van der Waals surface area contributed by atoms with Crippen LogP contribution in [0.25, 0.3) is 16.9 Å². The smallest absolute Gasteiger partial charge is 0.343 e. The van der Waals surface area contributed by atoms with Crippen LogP contribution in [0.1, 0.15) is 17.3 Å². The monoisotopic (exact) mass is 463 g/mol. The predicted molar refractivity (Wildman–Crippen MR) is 132 cm³/mol. The van der Waals surface area contributed by atoms with Crippen LogP contribution in [-0.4, -0.2) is 62.7 Å². The maximum absolute atomic E-state index is 12.9. The van der Waals surface area contributed by atoms with Gasteiger partial charge in [-0.1, -0.05) is 12.1 Å². The Labute approximate surface area is 198 Å². The van der Waals surface area contributed by atoms with Gasteiger partial charge >= 0.3 is 11.9 Å². The Morgan fingerprint density at radius 1 is 0.941 bits per heavy atom. The summed E-state index contributed by atoms with van der Waals surface area (Å²) in [5.74, 6) is -0.690. The van der Waals surface area contributed by atoms with Crippen molar-refractivity contribution in [2.24, 2.45) is 0 Å². The highest BCUT2D eigenvalue weighted by Crippen LogP contribution is 2.26. The van der Waals surface area contributed by atoms with Crippen LogP contribution >= 0.6 is 0 Å². The van der Waals surface area contributed by atoms with Gasteiger partial charge in [0.1, 0.15) is 17.9 Å². The van der Waals surface area contributed by atoms with Gasteiger partial charge in [-0.25, -0.2) is 4.79 Å². The third kappa shape index (κ3) is 6.11. The third-order valence-electron chi connectivity index (χ3n) is 5.10. The maximum atomic E-state index is 12.9. The lowest BCUT2D eigenvalue weighted by Crippen LogP contribution is -2.24. The first kappa shape index (κ1) is 24.7. The van der Waals surface area contributed by atoms with E-state index in [1.807, 2.05) is 62.3 Å². The topological polar surface area (TPSA) is 81.1 Å². The average molecular weight is 464 g/mol. The fourth-order valence-corrected chi connectivity index (χ4v) is 3.29. The molecule has 0 amide bonds. The van der Waals surface area contributed by atoms with Crippen molar-refractivity contribution in [1.29, 1.82) is 0 Å². The highest BCUT2D eigenvalue weighted by Gasteiger charge is 2.17. The van der Waals surface area contributed by atoms with Gasteiger partial charge in [0, 0.05) is 51.2 Å². The summed E-state index contributed by atoms with van der Waals surface area (Å²) in [5, 5.41) is 0. The zero-order chi connectivity index (χ0) is 24.8. The molecule has 0 radical (unpaired) electrons. The summed E-state index contributed by atoms with van der Waals surface area (Å²) in [5.41, 5.74) is 2.64. The normalized spacial score (nSPS) is 10.8. The van der Waals surface area contributed by atoms with Crippen molar-refractivity contribution in [3.63, 3.8) is 0 Å². The number of carbonyl (C=O) groups is 2. The van der Waals surface area contributed by atoms with Crippen molar-refractivity contribution in [3.8, 4) is 22.7 Å². The molecule has 3 rings (SSSR count). The molecule has 1 aromatic heterocycles. The minimum absolute atomic E-state index is 0.0588. The molecular weight excluding hydrogens is 434 g/mol. The maximum Gasteiger partial charge on any atom is 0.343 e. The molecule has 3 aromatic rings. The summed E-state index contributed by atoms with van der Waals surface area (Å²) in [4.78, 5) is 40.7. The highest BCUT2D eigenvalue weighted by molar-refractivity contribution is 5.89. The quantitative estimate of drug-likeness (QED) is 0.375. The van der Waals surface area contributed by atoms with E-state index in [4.69, 9.17) is 9.47 Å². The molecule has 8 nitrogen and oxygen atoms in total. The Kier molecular flexibility index (Phi) is 7.86. The second-order valence-electron chi connectivity index (χ2n) is 8.27. The van der Waals surface area contributed by atoms with Crippen molar-refractivity contribution < 1.29 is 19.1 Å². The van der Waals surface area contributed by atoms with E-state index in [2.05, 4.69) is 0 Å². The van der Waals surface area contributed by atoms with Crippen LogP contribution in [0.15, 0.2) is 65.6 Å². The lowest BCUT2D eigenvalue weighted by Gasteiger charge is -2.17. The molecule has 0 bridgehead atoms. The summed E-state index contributed by atoms with van der Waals surface area (Å²) in [6.07, 6.45) is 1.50. The first-order valence-electron chi connectivity index (χ1n) is 10.8. The minimum Gasteiger partial charge on any atom is -0.461 e. The number of hydrogen-bond donors (Lipinski definition) is 0. The van der Waals surface area contributed by atoms with Crippen LogP contribution in [0, 0.1) is 0 Å². The molecule has 0 aliphatic rings. The van der Waals surface area contributed by atoms with Crippen LogP contribution in [-0.2, 0) is 9.53 Å². The van der Waals surface area contributed by atoms with Gasteiger partial charge in [0.15, 0.2) is 5.43 Å². The Morgan fingerprint density at radius 2 is 1.59 bits per heavy atom. The van der Waals surface area contributed by atoms with Gasteiger partial charge in [-0.3, -0.25) is 9.59 Å². The Balaban J connectivity index is 2.07. The summed E-state index contributed by atoms with van der Waals surface area (Å²) >= 11 is 0. The van der Waals surface area contributed by atoms with E-state index in [1.54, 1.807) is 28.8 Å². The molecule has 34 heavy (non-hydrogen) atoms. The zero-order valence-electron chi connectivity index (χ0n) is 20.1. The van der Waals surface area contributed by atoms with Gasteiger partial charge in [0.2, 0.25) is 0 Å². The fourth-order valence-electron chi connectivity index (χ4n) is 3.29. The van der Waals surface area contributed by atoms with E-state index in [9.17, 15) is 14.4 Å². The molecule has 2 aromatic carbocycles. The molecule has 0 saturated carbocycles. The second-order valence-corrected chi connectivity index (χ2v) is 8.27. The minimum atomic E-state index is -0.674. The average Bonchev–Trinajstić information content (AvgIpc) is 2.79. The molecule has 0 unspecified atom stereocenters. The van der Waals surface area contributed by atoms with Crippen LogP contribution in [0.2, 0.25) is 0 Å². The Bertz CT molecular complexity index is 1210. The van der Waals surface area contributed by atoms with Gasteiger partial charge < -0.3 is 23.8 Å². The van der Waals surface area contributed by atoms with Crippen molar-refractivity contribution >= 4 is 17.6 Å². The Morgan fingerprint density at radius 3 is 2.15 bits per heavy atom. The summed E-state index contributed by atoms with van der Waals surface area (Å²) < 4.78 is 12.2.